The number of nitrogens with one attached hydrogen (secondary N) is 1. The Morgan fingerprint density at radius 2 is 1.61 bits per heavy atom. The van der Waals surface area contributed by atoms with Crippen LogP contribution in [0.3, 0.4) is 0 Å². The second-order valence-electron chi connectivity index (χ2n) is 8.90. The molecule has 0 spiro atoms. The number of para-hydroxylation sites is 2. The van der Waals surface area contributed by atoms with Gasteiger partial charge in [0.1, 0.15) is 18.4 Å². The fourth-order valence-corrected chi connectivity index (χ4v) is 4.34. The zero-order valence-electron chi connectivity index (χ0n) is 20.8. The smallest absolute Gasteiger partial charge is 0.142 e. The SMILES string of the molecule is CCCCCCCOc1ccccc1NC(=O)[O-].CCCCC[N+]1(CCO)CCCCC1.[Br-]. The van der Waals surface area contributed by atoms with Gasteiger partial charge in [-0.05, 0) is 50.7 Å². The highest BCUT2D eigenvalue weighted by molar-refractivity contribution is 5.83. The van der Waals surface area contributed by atoms with Gasteiger partial charge >= 0.3 is 0 Å². The number of rotatable bonds is 14. The van der Waals surface area contributed by atoms with Crippen molar-refractivity contribution in [2.75, 3.05) is 44.7 Å². The molecule has 192 valence electrons. The molecule has 1 heterocycles. The molecule has 1 aromatic rings. The third-order valence-corrected chi connectivity index (χ3v) is 6.20. The molecule has 2 rings (SSSR count). The molecule has 6 nitrogen and oxygen atoms in total. The number of aliphatic hydroxyl groups is 1. The lowest BCUT2D eigenvalue weighted by molar-refractivity contribution is -0.932. The molecular weight excluding hydrogens is 484 g/mol. The third-order valence-electron chi connectivity index (χ3n) is 6.20. The number of hydrogen-bond donors (Lipinski definition) is 2. The number of carboxylic acid groups (broad SMARTS) is 1. The maximum Gasteiger partial charge on any atom is 0.142 e. The number of benzene rings is 1. The average Bonchev–Trinajstić information content (AvgIpc) is 2.78. The van der Waals surface area contributed by atoms with E-state index in [0.29, 0.717) is 24.7 Å². The van der Waals surface area contributed by atoms with E-state index in [2.05, 4.69) is 19.2 Å². The topological polar surface area (TPSA) is 81.6 Å². The van der Waals surface area contributed by atoms with E-state index in [0.717, 1.165) is 19.4 Å². The number of unbranched alkanes of at least 4 members (excludes halogenated alkanes) is 6. The van der Waals surface area contributed by atoms with Crippen LogP contribution in [0.15, 0.2) is 24.3 Å². The second kappa shape index (κ2) is 20.1. The molecule has 7 heteroatoms. The van der Waals surface area contributed by atoms with Crippen LogP contribution in [0.4, 0.5) is 10.5 Å². The lowest BCUT2D eigenvalue weighted by atomic mass is 10.1. The van der Waals surface area contributed by atoms with Crippen LogP contribution in [-0.4, -0.2) is 55.1 Å². The van der Waals surface area contributed by atoms with E-state index in [9.17, 15) is 9.90 Å². The summed E-state index contributed by atoms with van der Waals surface area (Å²) >= 11 is 0. The van der Waals surface area contributed by atoms with E-state index in [1.807, 2.05) is 6.07 Å². The summed E-state index contributed by atoms with van der Waals surface area (Å²) in [6.45, 7) is 10.3. The van der Waals surface area contributed by atoms with Gasteiger partial charge in [-0.3, -0.25) is 0 Å². The predicted octanol–water partition coefficient (Wildman–Crippen LogP) is 1.96. The number of amides is 1. The Morgan fingerprint density at radius 1 is 0.970 bits per heavy atom. The first kappa shape index (κ1) is 31.7. The van der Waals surface area contributed by atoms with Crippen LogP contribution in [0, 0.1) is 0 Å². The zero-order chi connectivity index (χ0) is 23.5. The monoisotopic (exact) mass is 529 g/mol. The highest BCUT2D eigenvalue weighted by Crippen LogP contribution is 2.23. The van der Waals surface area contributed by atoms with Crippen LogP contribution in [0.5, 0.6) is 5.75 Å². The molecular formula is C26H46BrN2O4-. The number of nitrogens with zero attached hydrogens (tertiary/aromatic N) is 1. The average molecular weight is 531 g/mol. The lowest BCUT2D eigenvalue weighted by Gasteiger charge is -2.41. The minimum atomic E-state index is -1.33. The van der Waals surface area contributed by atoms with Crippen molar-refractivity contribution in [1.82, 2.24) is 0 Å². The number of quaternary nitrogens is 1. The maximum absolute atomic E-state index is 10.5. The van der Waals surface area contributed by atoms with Gasteiger partial charge in [-0.1, -0.05) is 58.1 Å². The van der Waals surface area contributed by atoms with Crippen LogP contribution >= 0.6 is 0 Å². The van der Waals surface area contributed by atoms with Crippen LogP contribution < -0.4 is 32.1 Å². The highest BCUT2D eigenvalue weighted by atomic mass is 79.9. The van der Waals surface area contributed by atoms with E-state index < -0.39 is 6.09 Å². The van der Waals surface area contributed by atoms with Gasteiger partial charge in [-0.25, -0.2) is 0 Å². The number of carbonyl (C=O) groups excluding carboxylic acids is 1. The van der Waals surface area contributed by atoms with Gasteiger partial charge in [0, 0.05) is 0 Å². The second-order valence-corrected chi connectivity index (χ2v) is 8.90. The highest BCUT2D eigenvalue weighted by Gasteiger charge is 2.28. The largest absolute Gasteiger partial charge is 1.00 e. The molecule has 1 saturated heterocycles. The summed E-state index contributed by atoms with van der Waals surface area (Å²) in [6.07, 6.45) is 12.6. The van der Waals surface area contributed by atoms with E-state index in [1.165, 1.54) is 81.9 Å². The first-order valence-electron chi connectivity index (χ1n) is 12.7. The Hall–Kier alpha value is -1.31. The fourth-order valence-electron chi connectivity index (χ4n) is 4.34. The van der Waals surface area contributed by atoms with Crippen molar-refractivity contribution in [3.63, 3.8) is 0 Å². The van der Waals surface area contributed by atoms with Crippen molar-refractivity contribution in [2.24, 2.45) is 0 Å². The Bertz CT molecular complexity index is 604. The van der Waals surface area contributed by atoms with Crippen LogP contribution in [0.2, 0.25) is 0 Å². The van der Waals surface area contributed by atoms with Crippen LogP contribution in [0.25, 0.3) is 0 Å². The van der Waals surface area contributed by atoms with E-state index >= 15 is 0 Å². The molecule has 0 atom stereocenters. The molecule has 1 amide bonds. The van der Waals surface area contributed by atoms with Crippen molar-refractivity contribution in [1.29, 1.82) is 0 Å². The number of likely N-dealkylation sites (tertiary alicyclic amines) is 1. The Balaban J connectivity index is 0.000000620. The lowest BCUT2D eigenvalue weighted by Crippen LogP contribution is -3.00. The maximum atomic E-state index is 10.5. The number of hydrogen-bond acceptors (Lipinski definition) is 4. The summed E-state index contributed by atoms with van der Waals surface area (Å²) in [5.41, 5.74) is 0.436. The van der Waals surface area contributed by atoms with Gasteiger partial charge in [0.2, 0.25) is 0 Å². The molecule has 1 fully saturated rings. The molecule has 0 aromatic heterocycles. The first-order chi connectivity index (χ1) is 15.6. The molecule has 33 heavy (non-hydrogen) atoms. The van der Waals surface area contributed by atoms with Gasteiger partial charge in [-0.15, -0.1) is 0 Å². The number of ether oxygens (including phenoxy) is 1. The van der Waals surface area contributed by atoms with E-state index in [4.69, 9.17) is 9.84 Å². The molecule has 0 aliphatic carbocycles. The zero-order valence-corrected chi connectivity index (χ0v) is 22.4. The molecule has 2 N–H and O–H groups in total. The summed E-state index contributed by atoms with van der Waals surface area (Å²) in [6, 6.07) is 6.96. The molecule has 0 radical (unpaired) electrons. The molecule has 1 aliphatic heterocycles. The molecule has 1 aliphatic rings. The van der Waals surface area contributed by atoms with Gasteiger partial charge < -0.3 is 46.5 Å². The molecule has 0 saturated carbocycles. The number of carbonyl (C=O) groups is 1. The quantitative estimate of drug-likeness (QED) is 0.285. The molecule has 1 aromatic carbocycles. The molecule has 0 unspecified atom stereocenters. The summed E-state index contributed by atoms with van der Waals surface area (Å²) in [7, 11) is 0. The van der Waals surface area contributed by atoms with Crippen LogP contribution in [0.1, 0.15) is 84.5 Å². The van der Waals surface area contributed by atoms with E-state index in [1.54, 1.807) is 18.2 Å². The van der Waals surface area contributed by atoms with Gasteiger partial charge in [0.05, 0.1) is 38.5 Å². The van der Waals surface area contributed by atoms with Gasteiger partial charge in [-0.2, -0.15) is 0 Å². The minimum Gasteiger partial charge on any atom is -1.00 e. The Kier molecular flexibility index (Phi) is 19.3. The fraction of sp³-hybridized carbons (Fsp3) is 0.731. The van der Waals surface area contributed by atoms with Crippen LogP contribution in [-0.2, 0) is 0 Å². The first-order valence-corrected chi connectivity index (χ1v) is 12.7. The minimum absolute atomic E-state index is 0. The number of aliphatic hydroxyl groups excluding tert-OH is 1. The standard InChI is InChI=1S/C14H21NO3.C12H26NO.BrH/c1-2-3-4-5-8-11-18-13-10-7-6-9-12(13)15-14(16)17;1-2-3-5-8-13(11-12-14)9-6-4-7-10-13;/h6-7,9-10,15H,2-5,8,11H2,1H3,(H,16,17);14H,2-12H2,1H3;1H/q;+1;/p-2. The predicted molar refractivity (Wildman–Crippen MR) is 130 cm³/mol. The normalized spacial score (nSPS) is 14.4. The summed E-state index contributed by atoms with van der Waals surface area (Å²) < 4.78 is 6.77. The number of piperidine rings is 1. The summed E-state index contributed by atoms with van der Waals surface area (Å²) in [4.78, 5) is 10.5. The van der Waals surface area contributed by atoms with Crippen molar-refractivity contribution in [3.8, 4) is 5.75 Å². The third kappa shape index (κ3) is 14.5. The Morgan fingerprint density at radius 3 is 2.24 bits per heavy atom. The summed E-state index contributed by atoms with van der Waals surface area (Å²) in [5.74, 6) is 0.553. The Labute approximate surface area is 212 Å². The van der Waals surface area contributed by atoms with Gasteiger partial charge in [0.15, 0.2) is 0 Å². The van der Waals surface area contributed by atoms with Crippen molar-refractivity contribution < 1.29 is 41.2 Å². The van der Waals surface area contributed by atoms with Gasteiger partial charge in [0.25, 0.3) is 0 Å². The van der Waals surface area contributed by atoms with Crippen molar-refractivity contribution in [2.45, 2.75) is 84.5 Å². The molecule has 0 bridgehead atoms. The number of halogens is 1. The summed E-state index contributed by atoms with van der Waals surface area (Å²) in [5, 5.41) is 21.8. The van der Waals surface area contributed by atoms with Crippen molar-refractivity contribution >= 4 is 11.8 Å². The van der Waals surface area contributed by atoms with E-state index in [-0.39, 0.29) is 17.0 Å². The van der Waals surface area contributed by atoms with Crippen molar-refractivity contribution in [3.05, 3.63) is 24.3 Å². The number of anilines is 1.